The molecule has 13 heavy (non-hydrogen) atoms. The molecule has 0 spiro atoms. The molecule has 0 N–H and O–H groups in total. The van der Waals surface area contributed by atoms with E-state index in [1.54, 1.807) is 17.5 Å². The zero-order valence-corrected chi connectivity index (χ0v) is 7.71. The number of thiophene rings is 1. The van der Waals surface area contributed by atoms with Crippen LogP contribution in [-0.4, -0.2) is 17.6 Å². The maximum absolute atomic E-state index is 11.4. The van der Waals surface area contributed by atoms with Gasteiger partial charge in [-0.05, 0) is 23.5 Å². The number of carbonyl (C=O) groups is 2. The van der Waals surface area contributed by atoms with Crippen LogP contribution in [0.1, 0.15) is 16.6 Å². The number of hydrogen-bond donors (Lipinski definition) is 0. The largest absolute Gasteiger partial charge is 0.297 e. The first kappa shape index (κ1) is 9.73. The second-order valence-electron chi connectivity index (χ2n) is 2.46. The summed E-state index contributed by atoms with van der Waals surface area (Å²) in [5.41, 5.74) is 0. The lowest BCUT2D eigenvalue weighted by Crippen LogP contribution is -2.25. The first-order valence-corrected chi connectivity index (χ1v) is 4.45. The van der Waals surface area contributed by atoms with Crippen LogP contribution in [0, 0.1) is 4.91 Å². The molecule has 1 aromatic heterocycles. The van der Waals surface area contributed by atoms with E-state index < -0.39 is 17.6 Å². The number of nitrogens with zero attached hydrogens (tertiary/aromatic N) is 1. The van der Waals surface area contributed by atoms with Crippen LogP contribution < -0.4 is 0 Å². The van der Waals surface area contributed by atoms with E-state index in [9.17, 15) is 14.5 Å². The van der Waals surface area contributed by atoms with Crippen LogP contribution in [-0.2, 0) is 4.79 Å². The Kier molecular flexibility index (Phi) is 3.02. The molecule has 68 valence electrons. The topological polar surface area (TPSA) is 63.6 Å². The minimum Gasteiger partial charge on any atom is -0.297 e. The second-order valence-corrected chi connectivity index (χ2v) is 3.41. The molecular weight excluding hydrogens is 190 g/mol. The normalized spacial score (nSPS) is 12.1. The maximum atomic E-state index is 11.4. The Bertz CT molecular complexity index is 331. The lowest BCUT2D eigenvalue weighted by Gasteiger charge is -2.00. The first-order valence-electron chi connectivity index (χ1n) is 3.57. The molecule has 4 nitrogen and oxygen atoms in total. The molecule has 0 fully saturated rings. The number of rotatable bonds is 4. The van der Waals surface area contributed by atoms with Crippen LogP contribution in [0.15, 0.2) is 22.7 Å². The van der Waals surface area contributed by atoms with Crippen molar-refractivity contribution in [2.24, 2.45) is 5.18 Å². The van der Waals surface area contributed by atoms with Gasteiger partial charge in [0.15, 0.2) is 5.78 Å². The van der Waals surface area contributed by atoms with Gasteiger partial charge in [0, 0.05) is 0 Å². The zero-order chi connectivity index (χ0) is 9.84. The first-order chi connectivity index (χ1) is 6.16. The quantitative estimate of drug-likeness (QED) is 0.419. The van der Waals surface area contributed by atoms with Crippen molar-refractivity contribution in [2.75, 3.05) is 0 Å². The molecule has 1 unspecified atom stereocenters. The minimum atomic E-state index is -1.38. The summed E-state index contributed by atoms with van der Waals surface area (Å²) in [6.07, 6.45) is 0. The highest BCUT2D eigenvalue weighted by atomic mass is 32.1. The summed E-state index contributed by atoms with van der Waals surface area (Å²) in [5.74, 6) is -1.04. The molecule has 1 aromatic rings. The molecule has 0 radical (unpaired) electrons. The lowest BCUT2D eigenvalue weighted by molar-refractivity contribution is -0.117. The van der Waals surface area contributed by atoms with E-state index in [0.717, 1.165) is 0 Å². The van der Waals surface area contributed by atoms with Crippen LogP contribution in [0.3, 0.4) is 0 Å². The van der Waals surface area contributed by atoms with E-state index >= 15 is 0 Å². The Morgan fingerprint density at radius 2 is 2.23 bits per heavy atom. The Morgan fingerprint density at radius 1 is 1.54 bits per heavy atom. The second kappa shape index (κ2) is 4.04. The summed E-state index contributed by atoms with van der Waals surface area (Å²) in [4.78, 5) is 32.8. The van der Waals surface area contributed by atoms with E-state index in [-0.39, 0.29) is 0 Å². The summed E-state index contributed by atoms with van der Waals surface area (Å²) in [7, 11) is 0. The van der Waals surface area contributed by atoms with Crippen LogP contribution >= 0.6 is 11.3 Å². The van der Waals surface area contributed by atoms with Crippen molar-refractivity contribution in [1.29, 1.82) is 0 Å². The number of nitroso groups, excluding NO2 is 1. The van der Waals surface area contributed by atoms with Gasteiger partial charge in [-0.15, -0.1) is 16.2 Å². The van der Waals surface area contributed by atoms with E-state index in [2.05, 4.69) is 5.18 Å². The van der Waals surface area contributed by atoms with Gasteiger partial charge in [-0.3, -0.25) is 9.59 Å². The molecule has 1 rings (SSSR count). The molecule has 0 amide bonds. The van der Waals surface area contributed by atoms with Crippen molar-refractivity contribution in [2.45, 2.75) is 13.0 Å². The molecule has 0 bridgehead atoms. The van der Waals surface area contributed by atoms with Gasteiger partial charge in [0.25, 0.3) is 0 Å². The highest BCUT2D eigenvalue weighted by Crippen LogP contribution is 2.13. The van der Waals surface area contributed by atoms with Gasteiger partial charge in [-0.2, -0.15) is 0 Å². The summed E-state index contributed by atoms with van der Waals surface area (Å²) in [5, 5.41) is 4.20. The van der Waals surface area contributed by atoms with Gasteiger partial charge in [0.05, 0.1) is 4.88 Å². The van der Waals surface area contributed by atoms with Gasteiger partial charge in [0.2, 0.25) is 11.8 Å². The molecule has 0 saturated heterocycles. The lowest BCUT2D eigenvalue weighted by atomic mass is 10.1. The van der Waals surface area contributed by atoms with Crippen LogP contribution in [0.5, 0.6) is 0 Å². The Balaban J connectivity index is 2.89. The predicted molar refractivity (Wildman–Crippen MR) is 48.9 cm³/mol. The number of hydrogen-bond acceptors (Lipinski definition) is 5. The van der Waals surface area contributed by atoms with Crippen LogP contribution in [0.25, 0.3) is 0 Å². The summed E-state index contributed by atoms with van der Waals surface area (Å²) in [6, 6.07) is 1.87. The van der Waals surface area contributed by atoms with E-state index in [1.165, 1.54) is 18.3 Å². The van der Waals surface area contributed by atoms with Crippen molar-refractivity contribution < 1.29 is 9.59 Å². The number of carbonyl (C=O) groups excluding carboxylic acids is 2. The monoisotopic (exact) mass is 197 g/mol. The van der Waals surface area contributed by atoms with Crippen molar-refractivity contribution in [1.82, 2.24) is 0 Å². The molecule has 5 heteroatoms. The van der Waals surface area contributed by atoms with Crippen molar-refractivity contribution in [3.8, 4) is 0 Å². The van der Waals surface area contributed by atoms with Crippen molar-refractivity contribution >= 4 is 22.9 Å². The van der Waals surface area contributed by atoms with E-state index in [1.807, 2.05) is 0 Å². The molecule has 0 saturated carbocycles. The van der Waals surface area contributed by atoms with Gasteiger partial charge in [-0.1, -0.05) is 6.07 Å². The van der Waals surface area contributed by atoms with Crippen LogP contribution in [0.4, 0.5) is 0 Å². The predicted octanol–water partition coefficient (Wildman–Crippen LogP) is 1.65. The molecule has 1 atom stereocenters. The SMILES string of the molecule is CC(=O)C(N=O)C(=O)c1cccs1. The third-order valence-electron chi connectivity index (χ3n) is 1.50. The van der Waals surface area contributed by atoms with Crippen molar-refractivity contribution in [3.63, 3.8) is 0 Å². The Labute approximate surface area is 78.5 Å². The fourth-order valence-electron chi connectivity index (χ4n) is 0.860. The van der Waals surface area contributed by atoms with E-state index in [4.69, 9.17) is 0 Å². The summed E-state index contributed by atoms with van der Waals surface area (Å²) < 4.78 is 0. The maximum Gasteiger partial charge on any atom is 0.213 e. The van der Waals surface area contributed by atoms with E-state index in [0.29, 0.717) is 4.88 Å². The zero-order valence-electron chi connectivity index (χ0n) is 6.89. The Morgan fingerprint density at radius 3 is 2.62 bits per heavy atom. The van der Waals surface area contributed by atoms with Crippen molar-refractivity contribution in [3.05, 3.63) is 27.3 Å². The third-order valence-corrected chi connectivity index (χ3v) is 2.39. The smallest absolute Gasteiger partial charge is 0.213 e. The Hall–Kier alpha value is -1.36. The average molecular weight is 197 g/mol. The molecular formula is C8H7NO3S. The fraction of sp³-hybridized carbons (Fsp3) is 0.250. The standard InChI is InChI=1S/C8H7NO3S/c1-5(10)7(9-12)8(11)6-3-2-4-13-6/h2-4,7H,1H3. The third kappa shape index (κ3) is 2.06. The molecule has 0 aliphatic carbocycles. The molecule has 1 heterocycles. The summed E-state index contributed by atoms with van der Waals surface area (Å²) in [6.45, 7) is 1.18. The summed E-state index contributed by atoms with van der Waals surface area (Å²) >= 11 is 1.19. The number of Topliss-reactive ketones (excluding diaryl/α,β-unsaturated/α-hetero) is 2. The minimum absolute atomic E-state index is 0.389. The van der Waals surface area contributed by atoms with Crippen LogP contribution in [0.2, 0.25) is 0 Å². The van der Waals surface area contributed by atoms with Gasteiger partial charge >= 0.3 is 0 Å². The average Bonchev–Trinajstić information content (AvgIpc) is 2.56. The molecule has 0 aliphatic heterocycles. The van der Waals surface area contributed by atoms with Gasteiger partial charge < -0.3 is 0 Å². The molecule has 0 aliphatic rings. The highest BCUT2D eigenvalue weighted by Gasteiger charge is 2.25. The highest BCUT2D eigenvalue weighted by molar-refractivity contribution is 7.12. The number of ketones is 2. The van der Waals surface area contributed by atoms with Gasteiger partial charge in [0.1, 0.15) is 0 Å². The molecule has 0 aromatic carbocycles. The van der Waals surface area contributed by atoms with Gasteiger partial charge in [-0.25, -0.2) is 0 Å². The fourth-order valence-corrected chi connectivity index (χ4v) is 1.55.